The van der Waals surface area contributed by atoms with Crippen LogP contribution in [0.5, 0.6) is 0 Å². The van der Waals surface area contributed by atoms with Crippen LogP contribution < -0.4 is 0 Å². The Bertz CT molecular complexity index is 736. The molecule has 3 aromatic rings. The van der Waals surface area contributed by atoms with Gasteiger partial charge in [0.25, 0.3) is 0 Å². The van der Waals surface area contributed by atoms with Crippen LogP contribution in [0.2, 0.25) is 0 Å². The smallest absolute Gasteiger partial charge is 0.339 e. The first-order valence-corrected chi connectivity index (χ1v) is 6.70. The lowest BCUT2D eigenvalue weighted by Gasteiger charge is -2.12. The van der Waals surface area contributed by atoms with Crippen molar-refractivity contribution in [3.05, 3.63) is 58.6 Å². The first-order chi connectivity index (χ1) is 9.24. The average molecular weight is 315 g/mol. The van der Waals surface area contributed by atoms with Crippen LogP contribution in [-0.4, -0.2) is 13.1 Å². The monoisotopic (exact) mass is 314 g/mol. The van der Waals surface area contributed by atoms with E-state index in [1.54, 1.807) is 0 Å². The topological polar surface area (TPSA) is 26.3 Å². The van der Waals surface area contributed by atoms with E-state index in [2.05, 4.69) is 15.9 Å². The zero-order chi connectivity index (χ0) is 13.4. The molecule has 3 rings (SSSR count). The molecule has 0 aliphatic heterocycles. The van der Waals surface area contributed by atoms with Gasteiger partial charge < -0.3 is 4.74 Å². The van der Waals surface area contributed by atoms with E-state index in [0.717, 1.165) is 26.0 Å². The van der Waals surface area contributed by atoms with Gasteiger partial charge in [0.05, 0.1) is 12.7 Å². The second kappa shape index (κ2) is 4.67. The number of halogens is 1. The Labute approximate surface area is 119 Å². The quantitative estimate of drug-likeness (QED) is 0.487. The average Bonchev–Trinajstić information content (AvgIpc) is 2.47. The Balaban J connectivity index is 2.60. The minimum atomic E-state index is -0.306. The normalized spacial score (nSPS) is 10.8. The van der Waals surface area contributed by atoms with Crippen LogP contribution in [0.15, 0.2) is 53.0 Å². The molecule has 94 valence electrons. The number of carbonyl (C=O) groups is 1. The lowest BCUT2D eigenvalue weighted by atomic mass is 9.97. The van der Waals surface area contributed by atoms with E-state index in [-0.39, 0.29) is 5.97 Å². The van der Waals surface area contributed by atoms with Crippen molar-refractivity contribution in [3.63, 3.8) is 0 Å². The first kappa shape index (κ1) is 12.2. The Morgan fingerprint density at radius 2 is 1.32 bits per heavy atom. The predicted octanol–water partition coefficient (Wildman–Crippen LogP) is 4.54. The number of ether oxygens (including phenoxy) is 1. The number of fused-ring (bicyclic) bond motifs is 2. The number of esters is 1. The van der Waals surface area contributed by atoms with E-state index >= 15 is 0 Å². The van der Waals surface area contributed by atoms with Crippen LogP contribution in [0.1, 0.15) is 10.4 Å². The number of benzene rings is 3. The molecule has 3 heteroatoms. The molecule has 0 fully saturated rings. The summed E-state index contributed by atoms with van der Waals surface area (Å²) in [5.41, 5.74) is 0.622. The summed E-state index contributed by atoms with van der Waals surface area (Å²) < 4.78 is 5.94. The first-order valence-electron chi connectivity index (χ1n) is 5.91. The molecule has 0 saturated heterocycles. The summed E-state index contributed by atoms with van der Waals surface area (Å²) in [4.78, 5) is 12.1. The summed E-state index contributed by atoms with van der Waals surface area (Å²) in [5, 5.41) is 3.84. The number of hydrogen-bond donors (Lipinski definition) is 0. The standard InChI is InChI=1S/C16H11BrO2/c1-19-16(18)14-10-6-2-4-8-12(10)15(17)13-9-5-3-7-11(13)14/h2-9H,1H3. The van der Waals surface area contributed by atoms with Gasteiger partial charge in [-0.1, -0.05) is 48.5 Å². The number of methoxy groups -OCH3 is 1. The molecule has 3 aromatic carbocycles. The van der Waals surface area contributed by atoms with Gasteiger partial charge in [0.15, 0.2) is 0 Å². The molecular weight excluding hydrogens is 304 g/mol. The van der Waals surface area contributed by atoms with Crippen molar-refractivity contribution < 1.29 is 9.53 Å². The molecule has 0 N–H and O–H groups in total. The zero-order valence-electron chi connectivity index (χ0n) is 10.3. The van der Waals surface area contributed by atoms with E-state index in [9.17, 15) is 4.79 Å². The second-order valence-corrected chi connectivity index (χ2v) is 5.06. The molecule has 0 aliphatic rings. The molecule has 19 heavy (non-hydrogen) atoms. The lowest BCUT2D eigenvalue weighted by Crippen LogP contribution is -2.03. The zero-order valence-corrected chi connectivity index (χ0v) is 11.9. The van der Waals surface area contributed by atoms with Gasteiger partial charge >= 0.3 is 5.97 Å². The maximum absolute atomic E-state index is 12.1. The summed E-state index contributed by atoms with van der Waals surface area (Å²) in [6.45, 7) is 0. The van der Waals surface area contributed by atoms with Crippen LogP contribution in [0.4, 0.5) is 0 Å². The van der Waals surface area contributed by atoms with Gasteiger partial charge in [0.1, 0.15) is 0 Å². The van der Waals surface area contributed by atoms with Crippen LogP contribution >= 0.6 is 15.9 Å². The molecule has 0 radical (unpaired) electrons. The van der Waals surface area contributed by atoms with Crippen LogP contribution in [0, 0.1) is 0 Å². The molecular formula is C16H11BrO2. The molecule has 0 spiro atoms. The summed E-state index contributed by atoms with van der Waals surface area (Å²) >= 11 is 3.64. The Morgan fingerprint density at radius 1 is 0.895 bits per heavy atom. The predicted molar refractivity (Wildman–Crippen MR) is 80.5 cm³/mol. The molecule has 0 heterocycles. The molecule has 0 saturated carbocycles. The second-order valence-electron chi connectivity index (χ2n) is 4.27. The number of hydrogen-bond acceptors (Lipinski definition) is 2. The third-order valence-electron chi connectivity index (χ3n) is 3.26. The van der Waals surface area contributed by atoms with Crippen molar-refractivity contribution in [2.75, 3.05) is 7.11 Å². The summed E-state index contributed by atoms with van der Waals surface area (Å²) in [7, 11) is 1.41. The van der Waals surface area contributed by atoms with Crippen molar-refractivity contribution in [2.45, 2.75) is 0 Å². The molecule has 0 amide bonds. The lowest BCUT2D eigenvalue weighted by molar-refractivity contribution is 0.0605. The molecule has 0 bridgehead atoms. The Hall–Kier alpha value is -1.87. The summed E-state index contributed by atoms with van der Waals surface area (Å²) in [6, 6.07) is 15.7. The highest BCUT2D eigenvalue weighted by Gasteiger charge is 2.17. The van der Waals surface area contributed by atoms with Crippen LogP contribution in [-0.2, 0) is 4.74 Å². The van der Waals surface area contributed by atoms with Crippen molar-refractivity contribution in [3.8, 4) is 0 Å². The van der Waals surface area contributed by atoms with Gasteiger partial charge in [-0.05, 0) is 37.5 Å². The van der Waals surface area contributed by atoms with E-state index in [0.29, 0.717) is 5.56 Å². The van der Waals surface area contributed by atoms with Gasteiger partial charge in [0, 0.05) is 4.47 Å². The fourth-order valence-electron chi connectivity index (χ4n) is 2.40. The minimum absolute atomic E-state index is 0.306. The Morgan fingerprint density at radius 3 is 1.74 bits per heavy atom. The van der Waals surface area contributed by atoms with Crippen molar-refractivity contribution in [1.29, 1.82) is 0 Å². The largest absolute Gasteiger partial charge is 0.465 e. The van der Waals surface area contributed by atoms with Gasteiger partial charge in [-0.15, -0.1) is 0 Å². The number of carbonyl (C=O) groups excluding carboxylic acids is 1. The molecule has 0 unspecified atom stereocenters. The van der Waals surface area contributed by atoms with Gasteiger partial charge in [0.2, 0.25) is 0 Å². The maximum atomic E-state index is 12.1. The van der Waals surface area contributed by atoms with Crippen molar-refractivity contribution in [1.82, 2.24) is 0 Å². The van der Waals surface area contributed by atoms with Crippen LogP contribution in [0.25, 0.3) is 21.5 Å². The summed E-state index contributed by atoms with van der Waals surface area (Å²) in [6.07, 6.45) is 0. The molecule has 2 nitrogen and oxygen atoms in total. The van der Waals surface area contributed by atoms with Crippen molar-refractivity contribution in [2.24, 2.45) is 0 Å². The van der Waals surface area contributed by atoms with Gasteiger partial charge in [-0.3, -0.25) is 0 Å². The fourth-order valence-corrected chi connectivity index (χ4v) is 3.09. The van der Waals surface area contributed by atoms with E-state index in [4.69, 9.17) is 4.74 Å². The molecule has 0 atom stereocenters. The highest BCUT2D eigenvalue weighted by atomic mass is 79.9. The van der Waals surface area contributed by atoms with Gasteiger partial charge in [-0.2, -0.15) is 0 Å². The van der Waals surface area contributed by atoms with Crippen molar-refractivity contribution >= 4 is 43.4 Å². The SMILES string of the molecule is COC(=O)c1c2ccccc2c(Br)c2ccccc12. The minimum Gasteiger partial charge on any atom is -0.465 e. The Kier molecular flexibility index (Phi) is 2.99. The number of rotatable bonds is 1. The van der Waals surface area contributed by atoms with E-state index in [1.807, 2.05) is 48.5 Å². The highest BCUT2D eigenvalue weighted by Crippen LogP contribution is 2.36. The fraction of sp³-hybridized carbons (Fsp3) is 0.0625. The maximum Gasteiger partial charge on any atom is 0.339 e. The van der Waals surface area contributed by atoms with Crippen LogP contribution in [0.3, 0.4) is 0 Å². The third kappa shape index (κ3) is 1.81. The third-order valence-corrected chi connectivity index (χ3v) is 4.11. The van der Waals surface area contributed by atoms with Gasteiger partial charge in [-0.25, -0.2) is 4.79 Å². The summed E-state index contributed by atoms with van der Waals surface area (Å²) in [5.74, 6) is -0.306. The molecule has 0 aliphatic carbocycles. The van der Waals surface area contributed by atoms with E-state index in [1.165, 1.54) is 7.11 Å². The van der Waals surface area contributed by atoms with E-state index < -0.39 is 0 Å². The highest BCUT2D eigenvalue weighted by molar-refractivity contribution is 9.10. The molecule has 0 aromatic heterocycles.